The lowest BCUT2D eigenvalue weighted by atomic mass is 9.99. The average Bonchev–Trinajstić information content (AvgIpc) is 3.41. The Morgan fingerprint density at radius 2 is 2.03 bits per heavy atom. The largest absolute Gasteiger partial charge is 0.395 e. The number of anilines is 1. The molecule has 4 heterocycles. The van der Waals surface area contributed by atoms with Gasteiger partial charge in [0.15, 0.2) is 0 Å². The molecular weight excluding hydrogens is 447 g/mol. The van der Waals surface area contributed by atoms with Gasteiger partial charge in [0.05, 0.1) is 36.0 Å². The number of hydrogen-bond donors (Lipinski definition) is 2. The first-order chi connectivity index (χ1) is 15.7. The fourth-order valence-corrected chi connectivity index (χ4v) is 4.42. The Morgan fingerprint density at radius 3 is 2.74 bits per heavy atom. The van der Waals surface area contributed by atoms with Gasteiger partial charge in [-0.1, -0.05) is 13.5 Å². The van der Waals surface area contributed by atoms with Crippen molar-refractivity contribution in [2.75, 3.05) is 18.0 Å². The van der Waals surface area contributed by atoms with Gasteiger partial charge in [-0.3, -0.25) is 14.6 Å². The van der Waals surface area contributed by atoms with Crippen LogP contribution in [-0.4, -0.2) is 50.1 Å². The molecule has 2 aliphatic rings. The number of carbonyl (C=O) groups excluding carboxylic acids is 1. The summed E-state index contributed by atoms with van der Waals surface area (Å²) in [6.07, 6.45) is 0.753. The summed E-state index contributed by atoms with van der Waals surface area (Å²) < 4.78 is 39.8. The first-order valence-corrected chi connectivity index (χ1v) is 10.8. The molecule has 3 aromatic heterocycles. The van der Waals surface area contributed by atoms with Gasteiger partial charge in [0.1, 0.15) is 5.82 Å². The van der Waals surface area contributed by atoms with Crippen LogP contribution >= 0.6 is 0 Å². The van der Waals surface area contributed by atoms with Gasteiger partial charge >= 0.3 is 6.18 Å². The summed E-state index contributed by atoms with van der Waals surface area (Å²) in [4.78, 5) is 18.8. The topological polar surface area (TPSA) is 91.7 Å². The monoisotopic (exact) mass is 475 g/mol. The number of pyridine rings is 1. The van der Waals surface area contributed by atoms with E-state index in [9.17, 15) is 18.0 Å². The van der Waals surface area contributed by atoms with E-state index >= 15 is 0 Å². The van der Waals surface area contributed by atoms with E-state index in [1.807, 2.05) is 19.9 Å². The molecule has 2 N–H and O–H groups in total. The first kappa shape index (κ1) is 23.8. The van der Waals surface area contributed by atoms with Gasteiger partial charge < -0.3 is 10.2 Å². The maximum Gasteiger partial charge on any atom is 0.395 e. The highest BCUT2D eigenvalue weighted by Gasteiger charge is 2.47. The molecule has 1 aliphatic heterocycles. The summed E-state index contributed by atoms with van der Waals surface area (Å²) in [6.45, 7) is 4.08. The number of hydrogen-bond acceptors (Lipinski definition) is 5. The number of aromatic nitrogens is 5. The Balaban J connectivity index is 0.00000274. The molecule has 8 nitrogen and oxygen atoms in total. The minimum atomic E-state index is -4.16. The molecular formula is C23H28F3N7O. The molecule has 5 rings (SSSR count). The van der Waals surface area contributed by atoms with Gasteiger partial charge in [0.2, 0.25) is 0 Å². The number of amides is 1. The molecule has 1 saturated heterocycles. The Labute approximate surface area is 195 Å². The molecule has 11 heteroatoms. The van der Waals surface area contributed by atoms with Crippen molar-refractivity contribution < 1.29 is 18.0 Å². The Kier molecular flexibility index (Phi) is 6.13. The molecule has 1 amide bonds. The third-order valence-corrected chi connectivity index (χ3v) is 6.50. The summed E-state index contributed by atoms with van der Waals surface area (Å²) >= 11 is 0. The molecule has 0 spiro atoms. The zero-order chi connectivity index (χ0) is 23.3. The fraction of sp³-hybridized carbons (Fsp3) is 0.478. The highest BCUT2D eigenvalue weighted by molar-refractivity contribution is 5.94. The van der Waals surface area contributed by atoms with Crippen LogP contribution in [0.25, 0.3) is 0 Å². The number of halogens is 3. The molecule has 182 valence electrons. The number of alkyl halides is 3. The molecule has 34 heavy (non-hydrogen) atoms. The summed E-state index contributed by atoms with van der Waals surface area (Å²) in [5.74, 6) is -0.954. The lowest BCUT2D eigenvalue weighted by Gasteiger charge is -2.41. The Hall–Kier alpha value is -3.37. The quantitative estimate of drug-likeness (QED) is 0.587. The van der Waals surface area contributed by atoms with Crippen LogP contribution in [0.4, 0.5) is 19.0 Å². The third kappa shape index (κ3) is 4.38. The van der Waals surface area contributed by atoms with Crippen molar-refractivity contribution in [2.24, 2.45) is 5.92 Å². The molecule has 0 radical (unpaired) electrons. The number of H-pyrrole nitrogens is 1. The van der Waals surface area contributed by atoms with E-state index in [0.717, 1.165) is 35.5 Å². The Morgan fingerprint density at radius 1 is 1.26 bits per heavy atom. The van der Waals surface area contributed by atoms with E-state index in [1.54, 1.807) is 21.8 Å². The number of nitrogens with zero attached hydrogens (tertiary/aromatic N) is 5. The summed E-state index contributed by atoms with van der Waals surface area (Å²) in [6, 6.07) is 3.47. The van der Waals surface area contributed by atoms with Crippen molar-refractivity contribution in [1.29, 1.82) is 0 Å². The predicted molar refractivity (Wildman–Crippen MR) is 121 cm³/mol. The van der Waals surface area contributed by atoms with Crippen molar-refractivity contribution in [3.05, 3.63) is 58.3 Å². The molecule has 1 aliphatic carbocycles. The van der Waals surface area contributed by atoms with E-state index < -0.39 is 12.1 Å². The van der Waals surface area contributed by atoms with Crippen LogP contribution in [-0.2, 0) is 13.0 Å². The van der Waals surface area contributed by atoms with Crippen LogP contribution in [0.2, 0.25) is 0 Å². The highest BCUT2D eigenvalue weighted by atomic mass is 19.4. The summed E-state index contributed by atoms with van der Waals surface area (Å²) in [7, 11) is 0. The summed E-state index contributed by atoms with van der Waals surface area (Å²) in [5, 5.41) is 14.6. The van der Waals surface area contributed by atoms with E-state index in [2.05, 4.69) is 25.6 Å². The molecule has 0 saturated carbocycles. The zero-order valence-corrected chi connectivity index (χ0v) is 18.3. The number of aromatic amines is 1. The second-order valence-corrected chi connectivity index (χ2v) is 8.76. The second kappa shape index (κ2) is 8.77. The number of aryl methyl sites for hydroxylation is 2. The van der Waals surface area contributed by atoms with Gasteiger partial charge in [0, 0.05) is 30.7 Å². The van der Waals surface area contributed by atoms with Crippen LogP contribution in [0.3, 0.4) is 0 Å². The fourth-order valence-electron chi connectivity index (χ4n) is 4.42. The first-order valence-electron chi connectivity index (χ1n) is 10.8. The van der Waals surface area contributed by atoms with Crippen LogP contribution < -0.4 is 10.2 Å². The van der Waals surface area contributed by atoms with Gasteiger partial charge in [-0.15, -0.1) is 0 Å². The second-order valence-electron chi connectivity index (χ2n) is 8.76. The van der Waals surface area contributed by atoms with Gasteiger partial charge in [-0.05, 0) is 43.9 Å². The number of rotatable bonds is 5. The lowest BCUT2D eigenvalue weighted by Crippen LogP contribution is -2.53. The van der Waals surface area contributed by atoms with Crippen LogP contribution in [0.5, 0.6) is 0 Å². The summed E-state index contributed by atoms with van der Waals surface area (Å²) in [5.41, 5.74) is 5.18. The SMILES string of the molecule is C.Cc1nc(N2CC(C(F)(F)F)C2)ccc1Cn1cc(C(=O)N[C@@H]2CCc3c2n[nH]c3C)cn1. The normalized spacial score (nSPS) is 17.8. The molecule has 3 aromatic rings. The van der Waals surface area contributed by atoms with Crippen LogP contribution in [0, 0.1) is 19.8 Å². The lowest BCUT2D eigenvalue weighted by molar-refractivity contribution is -0.180. The van der Waals surface area contributed by atoms with Gasteiger partial charge in [0.25, 0.3) is 5.91 Å². The zero-order valence-electron chi connectivity index (χ0n) is 18.3. The van der Waals surface area contributed by atoms with Crippen molar-refractivity contribution >= 4 is 11.7 Å². The highest BCUT2D eigenvalue weighted by Crippen LogP contribution is 2.35. The predicted octanol–water partition coefficient (Wildman–Crippen LogP) is 3.72. The Bertz CT molecular complexity index is 1190. The smallest absolute Gasteiger partial charge is 0.355 e. The van der Waals surface area contributed by atoms with Crippen molar-refractivity contribution in [1.82, 2.24) is 30.3 Å². The molecule has 0 bridgehead atoms. The number of fused-ring (bicyclic) bond motifs is 1. The third-order valence-electron chi connectivity index (χ3n) is 6.50. The average molecular weight is 476 g/mol. The van der Waals surface area contributed by atoms with E-state index in [0.29, 0.717) is 17.9 Å². The molecule has 0 aromatic carbocycles. The molecule has 0 unspecified atom stereocenters. The number of nitrogens with one attached hydrogen (secondary N) is 2. The van der Waals surface area contributed by atoms with Gasteiger partial charge in [-0.2, -0.15) is 23.4 Å². The van der Waals surface area contributed by atoms with E-state index in [4.69, 9.17) is 0 Å². The maximum atomic E-state index is 12.7. The van der Waals surface area contributed by atoms with Gasteiger partial charge in [-0.25, -0.2) is 4.98 Å². The van der Waals surface area contributed by atoms with Crippen molar-refractivity contribution in [3.63, 3.8) is 0 Å². The molecule has 1 fully saturated rings. The molecule has 1 atom stereocenters. The standard InChI is InChI=1S/C22H24F3N7O.CH4/c1-12-14(3-6-19(27-12)31-10-16(11-31)22(23,24)25)8-32-9-15(7-26-32)21(33)28-18-5-4-17-13(2)29-30-20(17)18;/h3,6-7,9,16,18H,4-5,8,10-11H2,1-2H3,(H,28,33)(H,29,30);1H4/t18-;/m1./s1. The minimum Gasteiger partial charge on any atom is -0.355 e. The van der Waals surface area contributed by atoms with E-state index in [1.165, 1.54) is 11.8 Å². The maximum absolute atomic E-state index is 12.7. The van der Waals surface area contributed by atoms with Crippen LogP contribution in [0.15, 0.2) is 24.5 Å². The van der Waals surface area contributed by atoms with Crippen molar-refractivity contribution in [2.45, 2.75) is 52.9 Å². The number of carbonyl (C=O) groups is 1. The van der Waals surface area contributed by atoms with E-state index in [-0.39, 0.29) is 32.5 Å². The van der Waals surface area contributed by atoms with Crippen LogP contribution in [0.1, 0.15) is 58.5 Å². The minimum absolute atomic E-state index is 0. The van der Waals surface area contributed by atoms with Crippen molar-refractivity contribution in [3.8, 4) is 0 Å².